The fraction of sp³-hybridized carbons (Fsp3) is 0.588. The van der Waals surface area contributed by atoms with Crippen LogP contribution in [0.5, 0.6) is 0 Å². The van der Waals surface area contributed by atoms with Crippen LogP contribution in [0.1, 0.15) is 43.7 Å². The smallest absolute Gasteiger partial charge is 0.237 e. The number of amides is 1. The lowest BCUT2D eigenvalue weighted by atomic mass is 9.94. The Balaban J connectivity index is 1.48. The lowest BCUT2D eigenvalue weighted by molar-refractivity contribution is -0.124. The third-order valence-corrected chi connectivity index (χ3v) is 4.70. The first kappa shape index (κ1) is 14.5. The lowest BCUT2D eigenvalue weighted by Crippen LogP contribution is -2.54. The van der Waals surface area contributed by atoms with Gasteiger partial charge in [0, 0.05) is 19.1 Å². The van der Waals surface area contributed by atoms with E-state index in [-0.39, 0.29) is 5.91 Å². The van der Waals surface area contributed by atoms with E-state index in [0.717, 1.165) is 32.5 Å². The van der Waals surface area contributed by atoms with Crippen LogP contribution in [0.4, 0.5) is 0 Å². The number of hydrogen-bond acceptors (Lipinski definition) is 3. The maximum absolute atomic E-state index is 11.7. The van der Waals surface area contributed by atoms with E-state index in [4.69, 9.17) is 5.73 Å². The maximum Gasteiger partial charge on any atom is 0.237 e. The van der Waals surface area contributed by atoms with Gasteiger partial charge in [-0.15, -0.1) is 0 Å². The van der Waals surface area contributed by atoms with E-state index in [1.807, 2.05) is 6.92 Å². The van der Waals surface area contributed by atoms with Gasteiger partial charge in [0.1, 0.15) is 0 Å². The van der Waals surface area contributed by atoms with Crippen molar-refractivity contribution in [2.75, 3.05) is 6.54 Å². The highest BCUT2D eigenvalue weighted by Gasteiger charge is 2.36. The second-order valence-electron chi connectivity index (χ2n) is 6.70. The van der Waals surface area contributed by atoms with E-state index in [1.165, 1.54) is 24.0 Å². The van der Waals surface area contributed by atoms with E-state index in [1.54, 1.807) is 0 Å². The van der Waals surface area contributed by atoms with Crippen LogP contribution in [0.2, 0.25) is 0 Å². The minimum absolute atomic E-state index is 0.223. The second-order valence-corrected chi connectivity index (χ2v) is 6.70. The van der Waals surface area contributed by atoms with Crippen molar-refractivity contribution in [2.24, 2.45) is 5.73 Å². The number of hydrogen-bond donors (Lipinski definition) is 2. The molecule has 1 fully saturated rings. The summed E-state index contributed by atoms with van der Waals surface area (Å²) < 4.78 is 0. The van der Waals surface area contributed by atoms with Gasteiger partial charge in [-0.1, -0.05) is 24.3 Å². The molecule has 0 saturated heterocycles. The molecule has 0 aromatic heterocycles. The first-order chi connectivity index (χ1) is 10.1. The molecule has 1 amide bonds. The molecular weight excluding hydrogens is 262 g/mol. The predicted molar refractivity (Wildman–Crippen MR) is 83.5 cm³/mol. The number of nitrogens with zero attached hydrogens (tertiary/aromatic N) is 1. The van der Waals surface area contributed by atoms with Gasteiger partial charge in [-0.3, -0.25) is 9.69 Å². The second kappa shape index (κ2) is 5.78. The number of fused-ring (bicyclic) bond motifs is 1. The average Bonchev–Trinajstić information content (AvgIpc) is 3.15. The van der Waals surface area contributed by atoms with Gasteiger partial charge in [0.2, 0.25) is 5.91 Å². The third kappa shape index (κ3) is 3.44. The van der Waals surface area contributed by atoms with Crippen LogP contribution in [-0.4, -0.2) is 28.9 Å². The van der Waals surface area contributed by atoms with Gasteiger partial charge in [-0.05, 0) is 50.3 Å². The van der Waals surface area contributed by atoms with Gasteiger partial charge >= 0.3 is 0 Å². The van der Waals surface area contributed by atoms with Gasteiger partial charge in [0.15, 0.2) is 0 Å². The first-order valence-electron chi connectivity index (χ1n) is 7.93. The molecule has 0 spiro atoms. The summed E-state index contributed by atoms with van der Waals surface area (Å²) in [6, 6.07) is 9.12. The molecule has 3 rings (SSSR count). The minimum Gasteiger partial charge on any atom is -0.368 e. The van der Waals surface area contributed by atoms with Crippen LogP contribution in [-0.2, 0) is 17.9 Å². The molecule has 1 aromatic rings. The van der Waals surface area contributed by atoms with Crippen LogP contribution in [0.3, 0.4) is 0 Å². The van der Waals surface area contributed by atoms with Crippen LogP contribution in [0.15, 0.2) is 24.3 Å². The van der Waals surface area contributed by atoms with Crippen molar-refractivity contribution in [3.8, 4) is 0 Å². The maximum atomic E-state index is 11.7. The number of carbonyl (C=O) groups is 1. The Labute approximate surface area is 126 Å². The Hall–Kier alpha value is -1.39. The summed E-state index contributed by atoms with van der Waals surface area (Å²) in [6.07, 6.45) is 4.15. The molecular formula is C17H25N3O. The van der Waals surface area contributed by atoms with Crippen LogP contribution >= 0.6 is 0 Å². The van der Waals surface area contributed by atoms with Crippen LogP contribution in [0, 0.1) is 0 Å². The van der Waals surface area contributed by atoms with E-state index < -0.39 is 5.54 Å². The molecule has 4 heteroatoms. The fourth-order valence-corrected chi connectivity index (χ4v) is 3.16. The Bertz CT molecular complexity index is 502. The number of rotatable bonds is 7. The Morgan fingerprint density at radius 3 is 2.48 bits per heavy atom. The molecule has 0 bridgehead atoms. The summed E-state index contributed by atoms with van der Waals surface area (Å²) in [6.45, 7) is 5.02. The highest BCUT2D eigenvalue weighted by Crippen LogP contribution is 2.26. The molecule has 2 aliphatic rings. The van der Waals surface area contributed by atoms with Gasteiger partial charge < -0.3 is 11.1 Å². The van der Waals surface area contributed by atoms with Crippen LogP contribution < -0.4 is 11.1 Å². The monoisotopic (exact) mass is 287 g/mol. The summed E-state index contributed by atoms with van der Waals surface area (Å²) in [5.41, 5.74) is 7.92. The Morgan fingerprint density at radius 1 is 1.33 bits per heavy atom. The van der Waals surface area contributed by atoms with E-state index in [2.05, 4.69) is 34.5 Å². The standard InChI is InChI=1S/C17H25N3O/c1-17(16(18)21,19-15-7-8-15)9-4-10-20-11-13-5-2-3-6-14(13)12-20/h2-3,5-6,15,19H,4,7-12H2,1H3,(H2,18,21). The van der Waals surface area contributed by atoms with Gasteiger partial charge in [-0.2, -0.15) is 0 Å². The molecule has 1 atom stereocenters. The number of nitrogens with two attached hydrogens (primary N) is 1. The van der Waals surface area contributed by atoms with Crippen molar-refractivity contribution >= 4 is 5.91 Å². The zero-order valence-corrected chi connectivity index (χ0v) is 12.8. The average molecular weight is 287 g/mol. The lowest BCUT2D eigenvalue weighted by Gasteiger charge is -2.28. The summed E-state index contributed by atoms with van der Waals surface area (Å²) in [4.78, 5) is 14.2. The van der Waals surface area contributed by atoms with Crippen LogP contribution in [0.25, 0.3) is 0 Å². The largest absolute Gasteiger partial charge is 0.368 e. The molecule has 1 saturated carbocycles. The summed E-state index contributed by atoms with van der Waals surface area (Å²) in [5.74, 6) is -0.223. The number of nitrogens with one attached hydrogen (secondary N) is 1. The minimum atomic E-state index is -0.548. The zero-order valence-electron chi connectivity index (χ0n) is 12.8. The van der Waals surface area contributed by atoms with Gasteiger partial charge in [-0.25, -0.2) is 0 Å². The molecule has 3 N–H and O–H groups in total. The topological polar surface area (TPSA) is 58.4 Å². The van der Waals surface area contributed by atoms with E-state index in [0.29, 0.717) is 6.04 Å². The van der Waals surface area contributed by atoms with Crippen molar-refractivity contribution in [2.45, 2.75) is 57.3 Å². The quantitative estimate of drug-likeness (QED) is 0.803. The zero-order chi connectivity index (χ0) is 14.9. The van der Waals surface area contributed by atoms with Crippen molar-refractivity contribution in [3.05, 3.63) is 35.4 Å². The predicted octanol–water partition coefficient (Wildman–Crippen LogP) is 1.78. The first-order valence-corrected chi connectivity index (χ1v) is 7.93. The summed E-state index contributed by atoms with van der Waals surface area (Å²) in [7, 11) is 0. The normalized spacial score (nSPS) is 21.0. The molecule has 114 valence electrons. The molecule has 21 heavy (non-hydrogen) atoms. The van der Waals surface area contributed by atoms with Crippen molar-refractivity contribution in [3.63, 3.8) is 0 Å². The highest BCUT2D eigenvalue weighted by molar-refractivity contribution is 5.84. The summed E-state index contributed by atoms with van der Waals surface area (Å²) in [5, 5.41) is 3.42. The molecule has 1 aromatic carbocycles. The van der Waals surface area contributed by atoms with Crippen molar-refractivity contribution in [1.29, 1.82) is 0 Å². The molecule has 0 radical (unpaired) electrons. The molecule has 1 heterocycles. The molecule has 1 unspecified atom stereocenters. The van der Waals surface area contributed by atoms with Gasteiger partial charge in [0.25, 0.3) is 0 Å². The van der Waals surface area contributed by atoms with Gasteiger partial charge in [0.05, 0.1) is 5.54 Å². The number of primary amides is 1. The van der Waals surface area contributed by atoms with E-state index in [9.17, 15) is 4.79 Å². The van der Waals surface area contributed by atoms with Crippen molar-refractivity contribution < 1.29 is 4.79 Å². The fourth-order valence-electron chi connectivity index (χ4n) is 3.16. The number of carbonyl (C=O) groups excluding carboxylic acids is 1. The van der Waals surface area contributed by atoms with E-state index >= 15 is 0 Å². The molecule has 1 aliphatic heterocycles. The third-order valence-electron chi connectivity index (χ3n) is 4.70. The Morgan fingerprint density at radius 2 is 1.95 bits per heavy atom. The highest BCUT2D eigenvalue weighted by atomic mass is 16.1. The molecule has 4 nitrogen and oxygen atoms in total. The van der Waals surface area contributed by atoms with Crippen molar-refractivity contribution in [1.82, 2.24) is 10.2 Å². The number of benzene rings is 1. The summed E-state index contributed by atoms with van der Waals surface area (Å²) >= 11 is 0. The molecule has 1 aliphatic carbocycles. The SMILES string of the molecule is CC(CCCN1Cc2ccccc2C1)(NC1CC1)C(N)=O. The Kier molecular flexibility index (Phi) is 4.00.